The van der Waals surface area contributed by atoms with E-state index < -0.39 is 11.7 Å². The van der Waals surface area contributed by atoms with E-state index in [4.69, 9.17) is 11.6 Å². The highest BCUT2D eigenvalue weighted by atomic mass is 35.5. The van der Waals surface area contributed by atoms with Gasteiger partial charge in [0.25, 0.3) is 0 Å². The SMILES string of the molecule is FC(F)(F)c1[c]ccc(-c2cccc(Cl)c2)c1. The van der Waals surface area contributed by atoms with Crippen LogP contribution in [0.3, 0.4) is 0 Å². The first-order valence-electron chi connectivity index (χ1n) is 4.82. The van der Waals surface area contributed by atoms with Gasteiger partial charge in [-0.05, 0) is 35.4 Å². The number of halogens is 4. The minimum atomic E-state index is -4.38. The quantitative estimate of drug-likeness (QED) is 0.685. The van der Waals surface area contributed by atoms with E-state index in [2.05, 4.69) is 6.07 Å². The Morgan fingerprint density at radius 3 is 2.35 bits per heavy atom. The second-order valence-corrected chi connectivity index (χ2v) is 3.94. The molecule has 0 nitrogen and oxygen atoms in total. The molecule has 0 aliphatic heterocycles. The standard InChI is InChI=1S/C13H7ClF3/c14-12-6-2-4-10(8-12)9-3-1-5-11(7-9)13(15,16)17/h1-4,6-8H. The maximum Gasteiger partial charge on any atom is 0.417 e. The molecule has 0 amide bonds. The Kier molecular flexibility index (Phi) is 3.11. The Bertz CT molecular complexity index is 532. The van der Waals surface area contributed by atoms with Crippen molar-refractivity contribution in [3.05, 3.63) is 59.1 Å². The highest BCUT2D eigenvalue weighted by Gasteiger charge is 2.30. The summed E-state index contributed by atoms with van der Waals surface area (Å²) in [7, 11) is 0. The number of benzene rings is 2. The van der Waals surface area contributed by atoms with Gasteiger partial charge in [0, 0.05) is 5.02 Å². The van der Waals surface area contributed by atoms with Crippen LogP contribution in [0.15, 0.2) is 42.5 Å². The number of hydrogen-bond acceptors (Lipinski definition) is 0. The van der Waals surface area contributed by atoms with Crippen LogP contribution in [0.5, 0.6) is 0 Å². The Balaban J connectivity index is 2.47. The lowest BCUT2D eigenvalue weighted by Crippen LogP contribution is -2.04. The molecule has 87 valence electrons. The summed E-state index contributed by atoms with van der Waals surface area (Å²) in [6, 6.07) is 12.8. The summed E-state index contributed by atoms with van der Waals surface area (Å²) in [5.41, 5.74) is 0.338. The van der Waals surface area contributed by atoms with Crippen molar-refractivity contribution in [2.24, 2.45) is 0 Å². The molecule has 0 N–H and O–H groups in total. The van der Waals surface area contributed by atoms with Crippen molar-refractivity contribution in [1.29, 1.82) is 0 Å². The minimum absolute atomic E-state index is 0.471. The summed E-state index contributed by atoms with van der Waals surface area (Å²) < 4.78 is 37.5. The molecular formula is C13H7ClF3. The van der Waals surface area contributed by atoms with Crippen molar-refractivity contribution in [3.8, 4) is 11.1 Å². The first-order chi connectivity index (χ1) is 7.97. The lowest BCUT2D eigenvalue weighted by molar-refractivity contribution is -0.137. The summed E-state index contributed by atoms with van der Waals surface area (Å²) in [5, 5.41) is 0.490. The molecule has 0 fully saturated rings. The van der Waals surface area contributed by atoms with E-state index in [9.17, 15) is 13.2 Å². The van der Waals surface area contributed by atoms with Gasteiger partial charge >= 0.3 is 6.18 Å². The maximum atomic E-state index is 12.5. The Morgan fingerprint density at radius 1 is 1.00 bits per heavy atom. The summed E-state index contributed by atoms with van der Waals surface area (Å²) >= 11 is 5.79. The molecule has 0 unspecified atom stereocenters. The molecular weight excluding hydrogens is 249 g/mol. The van der Waals surface area contributed by atoms with E-state index in [0.717, 1.165) is 6.07 Å². The predicted molar refractivity (Wildman–Crippen MR) is 60.7 cm³/mol. The lowest BCUT2D eigenvalue weighted by Gasteiger charge is -2.08. The molecule has 0 aliphatic carbocycles. The fraction of sp³-hybridized carbons (Fsp3) is 0.0769. The molecule has 1 radical (unpaired) electrons. The monoisotopic (exact) mass is 255 g/mol. The topological polar surface area (TPSA) is 0 Å². The van der Waals surface area contributed by atoms with E-state index in [1.807, 2.05) is 0 Å². The molecule has 0 bridgehead atoms. The van der Waals surface area contributed by atoms with Crippen LogP contribution in [0.1, 0.15) is 5.56 Å². The third-order valence-corrected chi connectivity index (χ3v) is 2.50. The van der Waals surface area contributed by atoms with Crippen LogP contribution in [-0.4, -0.2) is 0 Å². The Hall–Kier alpha value is -1.48. The summed E-state index contributed by atoms with van der Waals surface area (Å²) in [4.78, 5) is 0. The highest BCUT2D eigenvalue weighted by molar-refractivity contribution is 6.30. The molecule has 17 heavy (non-hydrogen) atoms. The van der Waals surface area contributed by atoms with Crippen LogP contribution in [0, 0.1) is 6.07 Å². The van der Waals surface area contributed by atoms with Gasteiger partial charge in [0.05, 0.1) is 5.56 Å². The molecule has 0 atom stereocenters. The van der Waals surface area contributed by atoms with Crippen LogP contribution < -0.4 is 0 Å². The maximum absolute atomic E-state index is 12.5. The van der Waals surface area contributed by atoms with E-state index in [1.165, 1.54) is 6.07 Å². The fourth-order valence-corrected chi connectivity index (χ4v) is 1.67. The second kappa shape index (κ2) is 4.41. The van der Waals surface area contributed by atoms with Crippen LogP contribution in [0.25, 0.3) is 11.1 Å². The molecule has 4 heteroatoms. The number of rotatable bonds is 1. The van der Waals surface area contributed by atoms with Crippen LogP contribution in [0.2, 0.25) is 5.02 Å². The van der Waals surface area contributed by atoms with Crippen LogP contribution >= 0.6 is 11.6 Å². The summed E-state index contributed by atoms with van der Waals surface area (Å²) in [5.74, 6) is 0. The van der Waals surface area contributed by atoms with Gasteiger partial charge in [0.1, 0.15) is 0 Å². The van der Waals surface area contributed by atoms with E-state index >= 15 is 0 Å². The molecule has 2 aromatic rings. The zero-order valence-electron chi connectivity index (χ0n) is 8.55. The zero-order chi connectivity index (χ0) is 12.5. The van der Waals surface area contributed by atoms with Crippen molar-refractivity contribution in [2.45, 2.75) is 6.18 Å². The van der Waals surface area contributed by atoms with Crippen molar-refractivity contribution >= 4 is 11.6 Å². The van der Waals surface area contributed by atoms with Crippen LogP contribution in [-0.2, 0) is 6.18 Å². The van der Waals surface area contributed by atoms with Gasteiger partial charge in [-0.25, -0.2) is 0 Å². The van der Waals surface area contributed by atoms with Gasteiger partial charge < -0.3 is 0 Å². The first-order valence-corrected chi connectivity index (χ1v) is 5.19. The average Bonchev–Trinajstić information content (AvgIpc) is 2.28. The zero-order valence-corrected chi connectivity index (χ0v) is 9.31. The molecule has 0 spiro atoms. The minimum Gasteiger partial charge on any atom is -0.166 e. The lowest BCUT2D eigenvalue weighted by atomic mass is 10.0. The molecule has 0 aromatic heterocycles. The van der Waals surface area contributed by atoms with Gasteiger partial charge in [-0.15, -0.1) is 0 Å². The molecule has 2 aromatic carbocycles. The molecule has 2 rings (SSSR count). The van der Waals surface area contributed by atoms with Gasteiger partial charge in [0.2, 0.25) is 0 Å². The van der Waals surface area contributed by atoms with Gasteiger partial charge in [-0.2, -0.15) is 13.2 Å². The molecule has 0 aliphatic rings. The normalized spacial score (nSPS) is 11.5. The Morgan fingerprint density at radius 2 is 1.71 bits per heavy atom. The first kappa shape index (κ1) is 12.0. The van der Waals surface area contributed by atoms with E-state index in [0.29, 0.717) is 16.1 Å². The highest BCUT2D eigenvalue weighted by Crippen LogP contribution is 2.32. The van der Waals surface area contributed by atoms with Crippen molar-refractivity contribution in [1.82, 2.24) is 0 Å². The van der Waals surface area contributed by atoms with E-state index in [-0.39, 0.29) is 0 Å². The molecule has 0 saturated carbocycles. The predicted octanol–water partition coefficient (Wildman–Crippen LogP) is 4.83. The summed E-state index contributed by atoms with van der Waals surface area (Å²) in [6.07, 6.45) is -4.38. The van der Waals surface area contributed by atoms with E-state index in [1.54, 1.807) is 30.3 Å². The third-order valence-electron chi connectivity index (χ3n) is 2.26. The van der Waals surface area contributed by atoms with Gasteiger partial charge in [-0.3, -0.25) is 0 Å². The third kappa shape index (κ3) is 2.80. The average molecular weight is 256 g/mol. The van der Waals surface area contributed by atoms with Gasteiger partial charge in [-0.1, -0.05) is 35.9 Å². The fourth-order valence-electron chi connectivity index (χ4n) is 1.48. The van der Waals surface area contributed by atoms with Crippen molar-refractivity contribution in [2.75, 3.05) is 0 Å². The number of alkyl halides is 3. The smallest absolute Gasteiger partial charge is 0.166 e. The summed E-state index contributed by atoms with van der Waals surface area (Å²) in [6.45, 7) is 0. The largest absolute Gasteiger partial charge is 0.417 e. The van der Waals surface area contributed by atoms with Crippen LogP contribution in [0.4, 0.5) is 13.2 Å². The van der Waals surface area contributed by atoms with Crippen molar-refractivity contribution in [3.63, 3.8) is 0 Å². The van der Waals surface area contributed by atoms with Crippen molar-refractivity contribution < 1.29 is 13.2 Å². The van der Waals surface area contributed by atoms with Gasteiger partial charge in [0.15, 0.2) is 0 Å². The molecule has 0 saturated heterocycles. The second-order valence-electron chi connectivity index (χ2n) is 3.50. The molecule has 0 heterocycles. The Labute approximate surface area is 102 Å². The number of hydrogen-bond donors (Lipinski definition) is 0.